The summed E-state index contributed by atoms with van der Waals surface area (Å²) in [6.07, 6.45) is 1.46. The molecule has 4 rings (SSSR count). The largest absolute Gasteiger partial charge is 0.481 e. The Labute approximate surface area is 163 Å². The Bertz CT molecular complexity index is 912. The van der Waals surface area contributed by atoms with Crippen molar-refractivity contribution in [1.82, 2.24) is 4.90 Å². The van der Waals surface area contributed by atoms with Crippen LogP contribution in [0.4, 0.5) is 5.69 Å². The SMILES string of the molecule is O=C(O)C1CN(C(=O)C2CCCN(C(=O)c3ccccc3)C2)c2ccccc21. The molecular formula is C22H22N2O4. The van der Waals surface area contributed by atoms with Gasteiger partial charge in [0.2, 0.25) is 5.91 Å². The van der Waals surface area contributed by atoms with E-state index >= 15 is 0 Å². The number of rotatable bonds is 3. The van der Waals surface area contributed by atoms with Crippen molar-refractivity contribution in [1.29, 1.82) is 0 Å². The Morgan fingerprint density at radius 3 is 2.39 bits per heavy atom. The van der Waals surface area contributed by atoms with E-state index in [4.69, 9.17) is 0 Å². The minimum absolute atomic E-state index is 0.0664. The number of hydrogen-bond acceptors (Lipinski definition) is 3. The second-order valence-corrected chi connectivity index (χ2v) is 7.35. The molecule has 1 saturated heterocycles. The Kier molecular flexibility index (Phi) is 4.86. The predicted molar refractivity (Wildman–Crippen MR) is 104 cm³/mol. The molecule has 2 aliphatic rings. The molecule has 0 radical (unpaired) electrons. The summed E-state index contributed by atoms with van der Waals surface area (Å²) >= 11 is 0. The number of piperidine rings is 1. The average Bonchev–Trinajstić information content (AvgIpc) is 3.13. The van der Waals surface area contributed by atoms with E-state index in [1.54, 1.807) is 40.1 Å². The molecule has 1 N–H and O–H groups in total. The normalized spacial score (nSPS) is 21.3. The Balaban J connectivity index is 1.52. The number of carbonyl (C=O) groups is 3. The molecule has 0 bridgehead atoms. The van der Waals surface area contributed by atoms with Crippen LogP contribution in [0.3, 0.4) is 0 Å². The van der Waals surface area contributed by atoms with Crippen LogP contribution in [0.1, 0.15) is 34.7 Å². The van der Waals surface area contributed by atoms with Gasteiger partial charge in [-0.3, -0.25) is 14.4 Å². The smallest absolute Gasteiger partial charge is 0.312 e. The maximum absolute atomic E-state index is 13.2. The zero-order valence-corrected chi connectivity index (χ0v) is 15.5. The first-order valence-corrected chi connectivity index (χ1v) is 9.53. The third-order valence-electron chi connectivity index (χ3n) is 5.61. The zero-order valence-electron chi connectivity index (χ0n) is 15.5. The molecule has 2 amide bonds. The van der Waals surface area contributed by atoms with E-state index in [1.807, 2.05) is 24.3 Å². The molecule has 0 spiro atoms. The minimum atomic E-state index is -0.924. The van der Waals surface area contributed by atoms with Crippen LogP contribution in [-0.2, 0) is 9.59 Å². The molecule has 2 unspecified atom stereocenters. The van der Waals surface area contributed by atoms with Crippen LogP contribution < -0.4 is 4.90 Å². The van der Waals surface area contributed by atoms with Gasteiger partial charge in [-0.2, -0.15) is 0 Å². The quantitative estimate of drug-likeness (QED) is 0.891. The molecule has 2 aromatic rings. The summed E-state index contributed by atoms with van der Waals surface area (Å²) in [5.41, 5.74) is 1.97. The molecule has 6 heteroatoms. The number of aliphatic carboxylic acids is 1. The highest BCUT2D eigenvalue weighted by Crippen LogP contribution is 2.37. The topological polar surface area (TPSA) is 77.9 Å². The van der Waals surface area contributed by atoms with Crippen molar-refractivity contribution in [3.63, 3.8) is 0 Å². The van der Waals surface area contributed by atoms with E-state index in [1.165, 1.54) is 0 Å². The van der Waals surface area contributed by atoms with Crippen molar-refractivity contribution in [3.8, 4) is 0 Å². The van der Waals surface area contributed by atoms with Crippen molar-refractivity contribution >= 4 is 23.5 Å². The lowest BCUT2D eigenvalue weighted by Crippen LogP contribution is -2.46. The summed E-state index contributed by atoms with van der Waals surface area (Å²) in [4.78, 5) is 40.9. The number of carboxylic acid groups (broad SMARTS) is 1. The molecular weight excluding hydrogens is 356 g/mol. The van der Waals surface area contributed by atoms with E-state index in [0.29, 0.717) is 36.3 Å². The maximum Gasteiger partial charge on any atom is 0.312 e. The highest BCUT2D eigenvalue weighted by Gasteiger charge is 2.40. The second-order valence-electron chi connectivity index (χ2n) is 7.35. The van der Waals surface area contributed by atoms with Crippen LogP contribution in [0.5, 0.6) is 0 Å². The first kappa shape index (κ1) is 18.2. The molecule has 2 atom stereocenters. The van der Waals surface area contributed by atoms with Gasteiger partial charge < -0.3 is 14.9 Å². The number of carboxylic acids is 1. The van der Waals surface area contributed by atoms with E-state index in [2.05, 4.69) is 0 Å². The first-order chi connectivity index (χ1) is 13.6. The lowest BCUT2D eigenvalue weighted by Gasteiger charge is -2.34. The van der Waals surface area contributed by atoms with Gasteiger partial charge in [0.25, 0.3) is 5.91 Å². The lowest BCUT2D eigenvalue weighted by molar-refractivity contribution is -0.138. The summed E-state index contributed by atoms with van der Waals surface area (Å²) in [6.45, 7) is 1.14. The van der Waals surface area contributed by atoms with Gasteiger partial charge >= 0.3 is 5.97 Å². The predicted octanol–water partition coefficient (Wildman–Crippen LogP) is 2.75. The zero-order chi connectivity index (χ0) is 19.7. The highest BCUT2D eigenvalue weighted by atomic mass is 16.4. The van der Waals surface area contributed by atoms with Crippen molar-refractivity contribution in [2.75, 3.05) is 24.5 Å². The van der Waals surface area contributed by atoms with Crippen LogP contribution >= 0.6 is 0 Å². The first-order valence-electron chi connectivity index (χ1n) is 9.53. The van der Waals surface area contributed by atoms with Gasteiger partial charge in [0, 0.05) is 30.9 Å². The molecule has 0 aliphatic carbocycles. The maximum atomic E-state index is 13.2. The van der Waals surface area contributed by atoms with Crippen LogP contribution in [0, 0.1) is 5.92 Å². The summed E-state index contributed by atoms with van der Waals surface area (Å²) in [7, 11) is 0. The fourth-order valence-corrected chi connectivity index (χ4v) is 4.17. The van der Waals surface area contributed by atoms with Crippen molar-refractivity contribution in [3.05, 3.63) is 65.7 Å². The average molecular weight is 378 g/mol. The van der Waals surface area contributed by atoms with Crippen LogP contribution in [-0.4, -0.2) is 47.4 Å². The molecule has 2 heterocycles. The molecule has 0 saturated carbocycles. The van der Waals surface area contributed by atoms with Crippen LogP contribution in [0.2, 0.25) is 0 Å². The fraction of sp³-hybridized carbons (Fsp3) is 0.318. The highest BCUT2D eigenvalue weighted by molar-refractivity contribution is 6.01. The monoisotopic (exact) mass is 378 g/mol. The van der Waals surface area contributed by atoms with Gasteiger partial charge in [0.05, 0.1) is 5.92 Å². The van der Waals surface area contributed by atoms with E-state index in [-0.39, 0.29) is 24.3 Å². The van der Waals surface area contributed by atoms with E-state index in [9.17, 15) is 19.5 Å². The number of hydrogen-bond donors (Lipinski definition) is 1. The van der Waals surface area contributed by atoms with Gasteiger partial charge in [-0.15, -0.1) is 0 Å². The standard InChI is InChI=1S/C22H22N2O4/c25-20(15-7-2-1-3-8-15)23-12-6-9-16(13-23)21(26)24-14-18(22(27)28)17-10-4-5-11-19(17)24/h1-5,7-8,10-11,16,18H,6,9,12-14H2,(H,27,28). The van der Waals surface area contributed by atoms with Crippen molar-refractivity contribution in [2.45, 2.75) is 18.8 Å². The van der Waals surface area contributed by atoms with Gasteiger partial charge in [0.15, 0.2) is 0 Å². The molecule has 2 aromatic carbocycles. The summed E-state index contributed by atoms with van der Waals surface area (Å²) in [5.74, 6) is -2.11. The van der Waals surface area contributed by atoms with E-state index < -0.39 is 11.9 Å². The Morgan fingerprint density at radius 2 is 1.64 bits per heavy atom. The summed E-state index contributed by atoms with van der Waals surface area (Å²) < 4.78 is 0. The van der Waals surface area contributed by atoms with Crippen LogP contribution in [0.15, 0.2) is 54.6 Å². The van der Waals surface area contributed by atoms with Crippen LogP contribution in [0.25, 0.3) is 0 Å². The number of para-hydroxylation sites is 1. The third-order valence-corrected chi connectivity index (χ3v) is 5.61. The summed E-state index contributed by atoms with van der Waals surface area (Å²) in [5, 5.41) is 9.52. The number of nitrogens with zero attached hydrogens (tertiary/aromatic N) is 2. The molecule has 2 aliphatic heterocycles. The molecule has 28 heavy (non-hydrogen) atoms. The number of benzene rings is 2. The molecule has 144 valence electrons. The second kappa shape index (κ2) is 7.46. The van der Waals surface area contributed by atoms with Crippen molar-refractivity contribution < 1.29 is 19.5 Å². The molecule has 6 nitrogen and oxygen atoms in total. The van der Waals surface area contributed by atoms with Gasteiger partial charge in [0.1, 0.15) is 5.92 Å². The molecule has 1 fully saturated rings. The number of fused-ring (bicyclic) bond motifs is 1. The third kappa shape index (κ3) is 3.26. The van der Waals surface area contributed by atoms with E-state index in [0.717, 1.165) is 6.42 Å². The van der Waals surface area contributed by atoms with Gasteiger partial charge in [-0.1, -0.05) is 36.4 Å². The lowest BCUT2D eigenvalue weighted by atomic mass is 9.95. The number of amides is 2. The Hall–Kier alpha value is -3.15. The number of carbonyl (C=O) groups excluding carboxylic acids is 2. The van der Waals surface area contributed by atoms with Gasteiger partial charge in [-0.25, -0.2) is 0 Å². The van der Waals surface area contributed by atoms with Gasteiger partial charge in [-0.05, 0) is 36.6 Å². The Morgan fingerprint density at radius 1 is 0.929 bits per heavy atom. The summed E-state index contributed by atoms with van der Waals surface area (Å²) in [6, 6.07) is 16.3. The number of likely N-dealkylation sites (tertiary alicyclic amines) is 1. The number of anilines is 1. The fourth-order valence-electron chi connectivity index (χ4n) is 4.17. The molecule has 0 aromatic heterocycles. The minimum Gasteiger partial charge on any atom is -0.481 e. The van der Waals surface area contributed by atoms with Crippen molar-refractivity contribution in [2.24, 2.45) is 5.92 Å².